The SMILES string of the molecule is Cc1ccc(NS(=O)(=O)c2c[nH]c(=O)c(Cl)c2)cc1I. The molecule has 0 bridgehead atoms. The Hall–Kier alpha value is -1.06. The fraction of sp³-hybridized carbons (Fsp3) is 0.0833. The van der Waals surface area contributed by atoms with Gasteiger partial charge in [0.15, 0.2) is 0 Å². The Bertz CT molecular complexity index is 818. The highest BCUT2D eigenvalue weighted by atomic mass is 127. The van der Waals surface area contributed by atoms with Crippen LogP contribution in [-0.2, 0) is 10.0 Å². The summed E-state index contributed by atoms with van der Waals surface area (Å²) >= 11 is 7.75. The van der Waals surface area contributed by atoms with Crippen LogP contribution in [0.25, 0.3) is 0 Å². The van der Waals surface area contributed by atoms with Crippen molar-refractivity contribution in [1.82, 2.24) is 4.98 Å². The van der Waals surface area contributed by atoms with Crippen LogP contribution in [0.4, 0.5) is 5.69 Å². The topological polar surface area (TPSA) is 79.0 Å². The largest absolute Gasteiger partial charge is 0.326 e. The lowest BCUT2D eigenvalue weighted by Gasteiger charge is -2.09. The fourth-order valence-electron chi connectivity index (χ4n) is 1.46. The molecule has 0 radical (unpaired) electrons. The highest BCUT2D eigenvalue weighted by Gasteiger charge is 2.16. The summed E-state index contributed by atoms with van der Waals surface area (Å²) in [6.07, 6.45) is 1.11. The summed E-state index contributed by atoms with van der Waals surface area (Å²) in [5.41, 5.74) is 0.971. The molecule has 0 fully saturated rings. The summed E-state index contributed by atoms with van der Waals surface area (Å²) in [7, 11) is -3.79. The molecule has 2 N–H and O–H groups in total. The van der Waals surface area contributed by atoms with Crippen molar-refractivity contribution in [2.75, 3.05) is 4.72 Å². The van der Waals surface area contributed by atoms with Gasteiger partial charge in [0.05, 0.1) is 0 Å². The number of H-pyrrole nitrogens is 1. The predicted octanol–water partition coefficient (Wildman–Crippen LogP) is 2.74. The van der Waals surface area contributed by atoms with Gasteiger partial charge in [0.2, 0.25) is 0 Å². The molecule has 0 spiro atoms. The number of halogens is 2. The average Bonchev–Trinajstić information content (AvgIpc) is 2.37. The summed E-state index contributed by atoms with van der Waals surface area (Å²) in [5, 5.41) is -0.175. The zero-order valence-corrected chi connectivity index (χ0v) is 14.0. The number of aromatic amines is 1. The van der Waals surface area contributed by atoms with E-state index < -0.39 is 15.6 Å². The number of aromatic nitrogens is 1. The lowest BCUT2D eigenvalue weighted by Crippen LogP contribution is -2.16. The number of pyridine rings is 1. The summed E-state index contributed by atoms with van der Waals surface area (Å²) in [6.45, 7) is 1.93. The molecule has 0 saturated heterocycles. The van der Waals surface area contributed by atoms with Gasteiger partial charge in [-0.2, -0.15) is 0 Å². The van der Waals surface area contributed by atoms with Gasteiger partial charge in [0, 0.05) is 15.5 Å². The first kappa shape index (κ1) is 15.3. The van der Waals surface area contributed by atoms with Gasteiger partial charge in [-0.1, -0.05) is 17.7 Å². The Morgan fingerprint density at radius 2 is 2.00 bits per heavy atom. The second-order valence-corrected chi connectivity index (χ2v) is 7.33. The quantitative estimate of drug-likeness (QED) is 0.744. The highest BCUT2D eigenvalue weighted by molar-refractivity contribution is 14.1. The van der Waals surface area contributed by atoms with Crippen LogP contribution in [0.1, 0.15) is 5.56 Å². The van der Waals surface area contributed by atoms with E-state index in [1.165, 1.54) is 0 Å². The minimum Gasteiger partial charge on any atom is -0.326 e. The zero-order valence-electron chi connectivity index (χ0n) is 10.3. The van der Waals surface area contributed by atoms with Gasteiger partial charge >= 0.3 is 0 Å². The Kier molecular flexibility index (Phi) is 4.40. The van der Waals surface area contributed by atoms with E-state index in [4.69, 9.17) is 11.6 Å². The number of nitrogens with one attached hydrogen (secondary N) is 2. The number of hydrogen-bond acceptors (Lipinski definition) is 3. The molecule has 0 unspecified atom stereocenters. The number of anilines is 1. The molecule has 2 aromatic rings. The lowest BCUT2D eigenvalue weighted by molar-refractivity contribution is 0.600. The van der Waals surface area contributed by atoms with E-state index in [2.05, 4.69) is 32.3 Å². The molecule has 8 heteroatoms. The highest BCUT2D eigenvalue weighted by Crippen LogP contribution is 2.20. The molecule has 106 valence electrons. The maximum absolute atomic E-state index is 12.2. The molecule has 0 aliphatic rings. The predicted molar refractivity (Wildman–Crippen MR) is 86.8 cm³/mol. The van der Waals surface area contributed by atoms with Gasteiger partial charge in [-0.3, -0.25) is 9.52 Å². The number of aryl methyl sites for hydroxylation is 1. The van der Waals surface area contributed by atoms with Gasteiger partial charge in [0.25, 0.3) is 15.6 Å². The molecule has 1 aromatic heterocycles. The Balaban J connectivity index is 2.37. The van der Waals surface area contributed by atoms with E-state index in [0.29, 0.717) is 5.69 Å². The molecule has 0 aliphatic carbocycles. The average molecular weight is 425 g/mol. The van der Waals surface area contributed by atoms with Crippen LogP contribution in [0.5, 0.6) is 0 Å². The van der Waals surface area contributed by atoms with Crippen LogP contribution in [0.15, 0.2) is 40.2 Å². The molecule has 0 amide bonds. The third-order valence-corrected chi connectivity index (χ3v) is 5.37. The van der Waals surface area contributed by atoms with Crippen molar-refractivity contribution in [2.45, 2.75) is 11.8 Å². The van der Waals surface area contributed by atoms with E-state index in [1.807, 2.05) is 13.0 Å². The van der Waals surface area contributed by atoms with E-state index >= 15 is 0 Å². The summed E-state index contributed by atoms with van der Waals surface area (Å²) in [4.78, 5) is 13.3. The van der Waals surface area contributed by atoms with Gasteiger partial charge in [0.1, 0.15) is 9.92 Å². The molecule has 0 aliphatic heterocycles. The zero-order chi connectivity index (χ0) is 14.9. The molecular formula is C12H10ClIN2O3S. The summed E-state index contributed by atoms with van der Waals surface area (Å²) in [5.74, 6) is 0. The first-order chi connectivity index (χ1) is 9.29. The van der Waals surface area contributed by atoms with Crippen LogP contribution in [0, 0.1) is 10.5 Å². The van der Waals surface area contributed by atoms with Crippen molar-refractivity contribution < 1.29 is 8.42 Å². The standard InChI is InChI=1S/C12H10ClIN2O3S/c1-7-2-3-8(4-11(7)14)16-20(18,19)9-5-10(13)12(17)15-6-9/h2-6,16H,1H3,(H,15,17). The number of sulfonamides is 1. The molecule has 1 aromatic carbocycles. The van der Waals surface area contributed by atoms with E-state index in [1.54, 1.807) is 12.1 Å². The Labute approximate surface area is 134 Å². The molecule has 5 nitrogen and oxygen atoms in total. The minimum atomic E-state index is -3.79. The number of hydrogen-bond donors (Lipinski definition) is 2. The maximum atomic E-state index is 12.2. The normalized spacial score (nSPS) is 11.3. The third kappa shape index (κ3) is 3.33. The van der Waals surface area contributed by atoms with Gasteiger partial charge in [-0.05, 0) is 53.3 Å². The number of rotatable bonds is 3. The third-order valence-electron chi connectivity index (χ3n) is 2.57. The molecule has 0 atom stereocenters. The summed E-state index contributed by atoms with van der Waals surface area (Å²) < 4.78 is 27.7. The van der Waals surface area contributed by atoms with Crippen molar-refractivity contribution in [3.8, 4) is 0 Å². The molecular weight excluding hydrogens is 415 g/mol. The monoisotopic (exact) mass is 424 g/mol. The molecule has 20 heavy (non-hydrogen) atoms. The van der Waals surface area contributed by atoms with Crippen molar-refractivity contribution in [3.05, 3.63) is 55.0 Å². The van der Waals surface area contributed by atoms with E-state index in [9.17, 15) is 13.2 Å². The van der Waals surface area contributed by atoms with Crippen molar-refractivity contribution >= 4 is 49.9 Å². The Morgan fingerprint density at radius 3 is 2.60 bits per heavy atom. The first-order valence-corrected chi connectivity index (χ1v) is 8.41. The Morgan fingerprint density at radius 1 is 1.30 bits per heavy atom. The molecule has 2 rings (SSSR count). The minimum absolute atomic E-state index is 0.0994. The van der Waals surface area contributed by atoms with Crippen LogP contribution in [0.3, 0.4) is 0 Å². The van der Waals surface area contributed by atoms with Gasteiger partial charge in [-0.15, -0.1) is 0 Å². The second kappa shape index (κ2) is 5.74. The lowest BCUT2D eigenvalue weighted by atomic mass is 10.2. The smallest absolute Gasteiger partial charge is 0.266 e. The van der Waals surface area contributed by atoms with Crippen molar-refractivity contribution in [3.63, 3.8) is 0 Å². The van der Waals surface area contributed by atoms with Crippen molar-refractivity contribution in [1.29, 1.82) is 0 Å². The van der Waals surface area contributed by atoms with E-state index in [-0.39, 0.29) is 9.92 Å². The van der Waals surface area contributed by atoms with Gasteiger partial charge < -0.3 is 4.98 Å². The maximum Gasteiger partial charge on any atom is 0.266 e. The summed E-state index contributed by atoms with van der Waals surface area (Å²) in [6, 6.07) is 6.32. The van der Waals surface area contributed by atoms with Crippen LogP contribution in [0.2, 0.25) is 5.02 Å². The second-order valence-electron chi connectivity index (χ2n) is 4.08. The first-order valence-electron chi connectivity index (χ1n) is 5.47. The van der Waals surface area contributed by atoms with Crippen LogP contribution in [-0.4, -0.2) is 13.4 Å². The van der Waals surface area contributed by atoms with Gasteiger partial charge in [-0.25, -0.2) is 8.42 Å². The van der Waals surface area contributed by atoms with E-state index in [0.717, 1.165) is 21.4 Å². The number of benzene rings is 1. The fourth-order valence-corrected chi connectivity index (χ4v) is 3.26. The molecule has 1 heterocycles. The van der Waals surface area contributed by atoms with Crippen LogP contribution < -0.4 is 10.3 Å². The molecule has 0 saturated carbocycles. The van der Waals surface area contributed by atoms with Crippen molar-refractivity contribution in [2.24, 2.45) is 0 Å². The van der Waals surface area contributed by atoms with Crippen LogP contribution >= 0.6 is 34.2 Å².